The molecule has 0 spiro atoms. The highest BCUT2D eigenvalue weighted by atomic mass is 35.5. The maximum absolute atomic E-state index is 12.7. The largest absolute Gasteiger partial charge is 0.423 e. The molecule has 0 saturated carbocycles. The number of nitrogens with one attached hydrogen (secondary N) is 2. The van der Waals surface area contributed by atoms with Crippen LogP contribution in [0.1, 0.15) is 35.4 Å². The Kier molecular flexibility index (Phi) is 3.92. The molecule has 23 heavy (non-hydrogen) atoms. The Balaban J connectivity index is 2.16. The second-order valence-electron chi connectivity index (χ2n) is 5.06. The zero-order valence-corrected chi connectivity index (χ0v) is 13.3. The number of hydrogen-bond donors (Lipinski definition) is 2. The molecule has 0 aliphatic carbocycles. The first-order chi connectivity index (χ1) is 11.0. The number of carbonyl (C=O) groups excluding carboxylic acids is 2. The molecule has 3 aromatic rings. The highest BCUT2D eigenvalue weighted by Gasteiger charge is 2.23. The zero-order chi connectivity index (χ0) is 16.6. The molecule has 6 nitrogen and oxygen atoms in total. The number of aryl methyl sites for hydroxylation is 1. The fourth-order valence-electron chi connectivity index (χ4n) is 2.26. The summed E-state index contributed by atoms with van der Waals surface area (Å²) in [5, 5.41) is 1.07. The van der Waals surface area contributed by atoms with Crippen LogP contribution in [0.3, 0.4) is 0 Å². The Bertz CT molecular complexity index is 911. The Labute approximate surface area is 136 Å². The van der Waals surface area contributed by atoms with E-state index < -0.39 is 5.97 Å². The van der Waals surface area contributed by atoms with Crippen molar-refractivity contribution < 1.29 is 14.3 Å². The van der Waals surface area contributed by atoms with Crippen LogP contribution in [0.15, 0.2) is 24.4 Å². The first kappa shape index (κ1) is 15.3. The van der Waals surface area contributed by atoms with Crippen LogP contribution >= 0.6 is 11.6 Å². The molecule has 0 aliphatic heterocycles. The average molecular weight is 332 g/mol. The van der Waals surface area contributed by atoms with E-state index in [0.717, 1.165) is 0 Å². The van der Waals surface area contributed by atoms with Crippen molar-refractivity contribution in [1.29, 1.82) is 0 Å². The molecule has 0 amide bonds. The molecule has 1 aromatic carbocycles. The third kappa shape index (κ3) is 2.85. The minimum absolute atomic E-state index is 0.187. The molecule has 0 aliphatic rings. The van der Waals surface area contributed by atoms with E-state index >= 15 is 0 Å². The van der Waals surface area contributed by atoms with Crippen molar-refractivity contribution in [1.82, 2.24) is 15.0 Å². The maximum atomic E-state index is 12.7. The topological polar surface area (TPSA) is 87.8 Å². The van der Waals surface area contributed by atoms with Gasteiger partial charge in [-0.15, -0.1) is 0 Å². The van der Waals surface area contributed by atoms with E-state index in [1.54, 1.807) is 32.0 Å². The number of halogens is 1. The van der Waals surface area contributed by atoms with Crippen molar-refractivity contribution in [2.24, 2.45) is 0 Å². The molecular formula is C16H14ClN3O3. The fraction of sp³-hybridized carbons (Fsp3) is 0.188. The summed E-state index contributed by atoms with van der Waals surface area (Å²) in [5.74, 6) is 0.0451. The van der Waals surface area contributed by atoms with Gasteiger partial charge in [0.05, 0.1) is 6.20 Å². The lowest BCUT2D eigenvalue weighted by Gasteiger charge is -2.04. The van der Waals surface area contributed by atoms with Crippen molar-refractivity contribution in [3.63, 3.8) is 0 Å². The third-order valence-corrected chi connectivity index (χ3v) is 3.63. The van der Waals surface area contributed by atoms with Crippen LogP contribution in [0.25, 0.3) is 10.9 Å². The van der Waals surface area contributed by atoms with E-state index in [2.05, 4.69) is 15.0 Å². The zero-order valence-electron chi connectivity index (χ0n) is 12.6. The van der Waals surface area contributed by atoms with Crippen LogP contribution in [0.5, 0.6) is 5.75 Å². The molecule has 7 heteroatoms. The lowest BCUT2D eigenvalue weighted by molar-refractivity contribution is -0.133. The van der Waals surface area contributed by atoms with Gasteiger partial charge in [0.15, 0.2) is 5.75 Å². The fourth-order valence-corrected chi connectivity index (χ4v) is 2.43. The molecule has 0 radical (unpaired) electrons. The summed E-state index contributed by atoms with van der Waals surface area (Å²) in [7, 11) is 0. The Morgan fingerprint density at radius 3 is 2.74 bits per heavy atom. The number of nitrogens with zero attached hydrogens (tertiary/aromatic N) is 1. The van der Waals surface area contributed by atoms with Crippen LogP contribution in [0.4, 0.5) is 0 Å². The monoisotopic (exact) mass is 331 g/mol. The third-order valence-electron chi connectivity index (χ3n) is 3.39. The number of imidazole rings is 1. The molecule has 2 N–H and O–H groups in total. The summed E-state index contributed by atoms with van der Waals surface area (Å²) in [6.07, 6.45) is 1.64. The standard InChI is InChI=1S/C16H14ClN3O3/c1-3-13(21)23-16-10-6-9(17)4-5-11(10)20-14(16)15(22)12-7-18-8(2)19-12/h4-7,20H,3H2,1-2H3,(H,18,19). The van der Waals surface area contributed by atoms with E-state index in [1.807, 2.05) is 0 Å². The number of hydrogen-bond acceptors (Lipinski definition) is 4. The smallest absolute Gasteiger partial charge is 0.310 e. The lowest BCUT2D eigenvalue weighted by atomic mass is 10.2. The molecular weight excluding hydrogens is 318 g/mol. The van der Waals surface area contributed by atoms with Gasteiger partial charge in [-0.25, -0.2) is 4.98 Å². The Hall–Kier alpha value is -2.60. The number of fused-ring (bicyclic) bond motifs is 1. The number of aromatic amines is 2. The van der Waals surface area contributed by atoms with Gasteiger partial charge in [0.1, 0.15) is 17.2 Å². The first-order valence-corrected chi connectivity index (χ1v) is 7.45. The van der Waals surface area contributed by atoms with Crippen LogP contribution in [-0.2, 0) is 4.79 Å². The van der Waals surface area contributed by atoms with Crippen LogP contribution in [0, 0.1) is 6.92 Å². The number of H-pyrrole nitrogens is 2. The molecule has 0 atom stereocenters. The van der Waals surface area contributed by atoms with Crippen molar-refractivity contribution in [3.05, 3.63) is 46.6 Å². The molecule has 0 bridgehead atoms. The summed E-state index contributed by atoms with van der Waals surface area (Å²) in [6, 6.07) is 5.08. The van der Waals surface area contributed by atoms with Crippen molar-refractivity contribution in [2.75, 3.05) is 0 Å². The van der Waals surface area contributed by atoms with Gasteiger partial charge in [-0.05, 0) is 25.1 Å². The van der Waals surface area contributed by atoms with Gasteiger partial charge >= 0.3 is 5.97 Å². The predicted molar refractivity (Wildman–Crippen MR) is 86.0 cm³/mol. The average Bonchev–Trinajstić information content (AvgIpc) is 3.11. The van der Waals surface area contributed by atoms with Gasteiger partial charge in [0.25, 0.3) is 0 Å². The van der Waals surface area contributed by atoms with Gasteiger partial charge in [-0.3, -0.25) is 9.59 Å². The SMILES string of the molecule is CCC(=O)Oc1c(C(=O)c2cnc(C)[nH]2)[nH]c2ccc(Cl)cc12. The number of aromatic nitrogens is 3. The summed E-state index contributed by atoms with van der Waals surface area (Å²) in [6.45, 7) is 3.43. The molecule has 118 valence electrons. The van der Waals surface area contributed by atoms with E-state index in [-0.39, 0.29) is 23.6 Å². The highest BCUT2D eigenvalue weighted by Crippen LogP contribution is 2.33. The van der Waals surface area contributed by atoms with Gasteiger partial charge in [-0.1, -0.05) is 18.5 Å². The molecule has 2 heterocycles. The summed E-state index contributed by atoms with van der Waals surface area (Å²) < 4.78 is 5.37. The van der Waals surface area contributed by atoms with Crippen molar-refractivity contribution in [2.45, 2.75) is 20.3 Å². The Morgan fingerprint density at radius 2 is 2.09 bits per heavy atom. The minimum atomic E-state index is -0.430. The van der Waals surface area contributed by atoms with Gasteiger partial charge < -0.3 is 14.7 Å². The lowest BCUT2D eigenvalue weighted by Crippen LogP contribution is -2.10. The molecule has 0 unspecified atom stereocenters. The minimum Gasteiger partial charge on any atom is -0.423 e. The number of rotatable bonds is 4. The van der Waals surface area contributed by atoms with Crippen molar-refractivity contribution >= 4 is 34.3 Å². The van der Waals surface area contributed by atoms with Crippen LogP contribution < -0.4 is 4.74 Å². The van der Waals surface area contributed by atoms with E-state index in [9.17, 15) is 9.59 Å². The Morgan fingerprint density at radius 1 is 1.30 bits per heavy atom. The number of ether oxygens (including phenoxy) is 1. The van der Waals surface area contributed by atoms with E-state index in [0.29, 0.717) is 27.4 Å². The van der Waals surface area contributed by atoms with Gasteiger partial charge in [-0.2, -0.15) is 0 Å². The predicted octanol–water partition coefficient (Wildman–Crippen LogP) is 3.40. The van der Waals surface area contributed by atoms with E-state index in [1.165, 1.54) is 6.20 Å². The number of ketones is 1. The summed E-state index contributed by atoms with van der Waals surface area (Å²) >= 11 is 6.01. The van der Waals surface area contributed by atoms with Crippen LogP contribution in [0.2, 0.25) is 5.02 Å². The van der Waals surface area contributed by atoms with Gasteiger partial charge in [0.2, 0.25) is 5.78 Å². The number of carbonyl (C=O) groups is 2. The molecule has 0 fully saturated rings. The number of esters is 1. The highest BCUT2D eigenvalue weighted by molar-refractivity contribution is 6.31. The second-order valence-corrected chi connectivity index (χ2v) is 5.49. The van der Waals surface area contributed by atoms with Crippen molar-refractivity contribution in [3.8, 4) is 5.75 Å². The number of benzene rings is 1. The van der Waals surface area contributed by atoms with E-state index in [4.69, 9.17) is 16.3 Å². The molecule has 3 rings (SSSR count). The quantitative estimate of drug-likeness (QED) is 0.566. The first-order valence-electron chi connectivity index (χ1n) is 7.07. The summed E-state index contributed by atoms with van der Waals surface area (Å²) in [5.41, 5.74) is 1.16. The normalized spacial score (nSPS) is 10.9. The molecule has 2 aromatic heterocycles. The maximum Gasteiger partial charge on any atom is 0.310 e. The summed E-state index contributed by atoms with van der Waals surface area (Å²) in [4.78, 5) is 34.3. The van der Waals surface area contributed by atoms with Crippen LogP contribution in [-0.4, -0.2) is 26.7 Å². The van der Waals surface area contributed by atoms with Gasteiger partial charge in [0, 0.05) is 22.3 Å². The molecule has 0 saturated heterocycles. The second kappa shape index (κ2) is 5.89.